The second-order valence-electron chi connectivity index (χ2n) is 8.66. The molecule has 0 bridgehead atoms. The van der Waals surface area contributed by atoms with Gasteiger partial charge in [-0.05, 0) is 92.1 Å². The summed E-state index contributed by atoms with van der Waals surface area (Å²) in [6.07, 6.45) is 2.79. The van der Waals surface area contributed by atoms with Crippen molar-refractivity contribution in [3.8, 4) is 11.4 Å². The molecular formula is C28H28N4OS. The zero-order chi connectivity index (χ0) is 23.8. The average molecular weight is 469 g/mol. The van der Waals surface area contributed by atoms with E-state index in [1.165, 1.54) is 28.2 Å². The highest BCUT2D eigenvalue weighted by molar-refractivity contribution is 7.80. The zero-order valence-corrected chi connectivity index (χ0v) is 20.4. The van der Waals surface area contributed by atoms with Crippen molar-refractivity contribution in [1.82, 2.24) is 14.9 Å². The molecule has 34 heavy (non-hydrogen) atoms. The first kappa shape index (κ1) is 22.2. The smallest absolute Gasteiger partial charge is 0.174 e. The van der Waals surface area contributed by atoms with Gasteiger partial charge in [-0.2, -0.15) is 0 Å². The number of phenols is 1. The first-order valence-electron chi connectivity index (χ1n) is 11.6. The van der Waals surface area contributed by atoms with Crippen LogP contribution < -0.4 is 10.2 Å². The van der Waals surface area contributed by atoms with Gasteiger partial charge in [-0.15, -0.1) is 0 Å². The molecule has 0 saturated carbocycles. The van der Waals surface area contributed by atoms with Gasteiger partial charge in [0, 0.05) is 29.0 Å². The topological polar surface area (TPSA) is 53.3 Å². The third kappa shape index (κ3) is 3.74. The molecule has 2 atom stereocenters. The maximum atomic E-state index is 9.86. The van der Waals surface area contributed by atoms with Gasteiger partial charge in [-0.1, -0.05) is 31.2 Å². The number of aryl methyl sites for hydroxylation is 2. The lowest BCUT2D eigenvalue weighted by Gasteiger charge is -2.28. The molecule has 5 nitrogen and oxygen atoms in total. The van der Waals surface area contributed by atoms with Crippen LogP contribution in [0.5, 0.6) is 5.75 Å². The Labute approximate surface area is 205 Å². The van der Waals surface area contributed by atoms with Crippen molar-refractivity contribution in [3.63, 3.8) is 0 Å². The monoisotopic (exact) mass is 468 g/mol. The van der Waals surface area contributed by atoms with Crippen molar-refractivity contribution < 1.29 is 5.11 Å². The molecule has 5 rings (SSSR count). The van der Waals surface area contributed by atoms with Gasteiger partial charge in [-0.3, -0.25) is 4.98 Å². The summed E-state index contributed by atoms with van der Waals surface area (Å²) in [4.78, 5) is 6.81. The number of hydrogen-bond donors (Lipinski definition) is 2. The van der Waals surface area contributed by atoms with E-state index in [-0.39, 0.29) is 17.8 Å². The van der Waals surface area contributed by atoms with E-state index in [4.69, 9.17) is 12.2 Å². The van der Waals surface area contributed by atoms with Crippen LogP contribution in [0.3, 0.4) is 0 Å². The Morgan fingerprint density at radius 1 is 1.00 bits per heavy atom. The Hall–Kier alpha value is -3.64. The molecular weight excluding hydrogens is 440 g/mol. The molecule has 1 fully saturated rings. The molecule has 172 valence electrons. The van der Waals surface area contributed by atoms with E-state index in [9.17, 15) is 5.11 Å². The molecule has 0 unspecified atom stereocenters. The van der Waals surface area contributed by atoms with E-state index in [1.807, 2.05) is 36.5 Å². The molecule has 4 aromatic rings. The van der Waals surface area contributed by atoms with Crippen LogP contribution in [0.4, 0.5) is 5.69 Å². The van der Waals surface area contributed by atoms with Crippen LogP contribution in [0.15, 0.2) is 79.0 Å². The first-order valence-corrected chi connectivity index (χ1v) is 12.0. The van der Waals surface area contributed by atoms with E-state index in [0.29, 0.717) is 5.11 Å². The van der Waals surface area contributed by atoms with E-state index in [0.717, 1.165) is 17.8 Å². The zero-order valence-electron chi connectivity index (χ0n) is 19.6. The number of benzene rings is 2. The largest absolute Gasteiger partial charge is 0.508 e. The van der Waals surface area contributed by atoms with E-state index >= 15 is 0 Å². The predicted molar refractivity (Wildman–Crippen MR) is 141 cm³/mol. The lowest BCUT2D eigenvalue weighted by atomic mass is 9.96. The van der Waals surface area contributed by atoms with Crippen LogP contribution >= 0.6 is 12.2 Å². The number of para-hydroxylation sites is 1. The molecule has 2 aromatic heterocycles. The Bertz CT molecular complexity index is 1330. The Balaban J connectivity index is 1.69. The van der Waals surface area contributed by atoms with Crippen molar-refractivity contribution in [2.24, 2.45) is 0 Å². The Morgan fingerprint density at radius 3 is 2.44 bits per heavy atom. The van der Waals surface area contributed by atoms with Gasteiger partial charge in [0.1, 0.15) is 5.75 Å². The van der Waals surface area contributed by atoms with Crippen LogP contribution in [-0.2, 0) is 6.42 Å². The SMILES string of the molecule is CCc1ccccc1-n1c(C)cc([C@@H]2[C@@H](c3ccccn3)NC(=S)N2c2ccc(O)cc2)c1C. The Morgan fingerprint density at radius 2 is 1.74 bits per heavy atom. The standard InChI is InChI=1S/C28H28N4OS/c1-4-20-9-5-6-11-25(20)31-18(2)17-23(19(31)3)27-26(24-10-7-8-16-29-24)30-28(34)32(27)21-12-14-22(33)15-13-21/h5-17,26-27,33H,4H2,1-3H3,(H,30,34)/t26-,27-/m1/s1. The number of hydrogen-bond acceptors (Lipinski definition) is 3. The summed E-state index contributed by atoms with van der Waals surface area (Å²) in [5.74, 6) is 0.231. The minimum Gasteiger partial charge on any atom is -0.508 e. The van der Waals surface area contributed by atoms with Crippen LogP contribution in [0.2, 0.25) is 0 Å². The minimum absolute atomic E-state index is 0.0966. The molecule has 1 aliphatic rings. The molecule has 0 amide bonds. The van der Waals surface area contributed by atoms with Crippen LogP contribution in [0, 0.1) is 13.8 Å². The normalized spacial score (nSPS) is 17.7. The Kier molecular flexibility index (Phi) is 5.84. The quantitative estimate of drug-likeness (QED) is 0.355. The second kappa shape index (κ2) is 8.95. The van der Waals surface area contributed by atoms with Crippen molar-refractivity contribution in [1.29, 1.82) is 0 Å². The minimum atomic E-state index is -0.113. The fraction of sp³-hybridized carbons (Fsp3) is 0.214. The number of nitrogens with zero attached hydrogens (tertiary/aromatic N) is 3. The van der Waals surface area contributed by atoms with E-state index in [1.54, 1.807) is 12.1 Å². The van der Waals surface area contributed by atoms with Crippen LogP contribution in [0.1, 0.15) is 47.2 Å². The number of anilines is 1. The van der Waals surface area contributed by atoms with Crippen LogP contribution in [-0.4, -0.2) is 19.8 Å². The van der Waals surface area contributed by atoms with Gasteiger partial charge in [0.05, 0.1) is 17.8 Å². The number of nitrogens with one attached hydrogen (secondary N) is 1. The van der Waals surface area contributed by atoms with Crippen molar-refractivity contribution in [2.45, 2.75) is 39.3 Å². The molecule has 0 radical (unpaired) electrons. The number of rotatable bonds is 5. The molecule has 6 heteroatoms. The third-order valence-corrected chi connectivity index (χ3v) is 6.94. The molecule has 2 aromatic carbocycles. The first-order chi connectivity index (χ1) is 16.5. The number of aromatic nitrogens is 2. The summed E-state index contributed by atoms with van der Waals surface area (Å²) in [6, 6.07) is 23.8. The van der Waals surface area contributed by atoms with Gasteiger partial charge in [0.2, 0.25) is 0 Å². The summed E-state index contributed by atoms with van der Waals surface area (Å²) < 4.78 is 2.35. The van der Waals surface area contributed by atoms with E-state index < -0.39 is 0 Å². The highest BCUT2D eigenvalue weighted by atomic mass is 32.1. The number of thiocarbonyl (C=S) groups is 1. The molecule has 1 saturated heterocycles. The summed E-state index contributed by atoms with van der Waals surface area (Å²) in [5.41, 5.74) is 7.95. The van der Waals surface area contributed by atoms with Crippen molar-refractivity contribution in [2.75, 3.05) is 4.90 Å². The molecule has 2 N–H and O–H groups in total. The van der Waals surface area contributed by atoms with Gasteiger partial charge in [0.25, 0.3) is 0 Å². The number of aromatic hydroxyl groups is 1. The molecule has 3 heterocycles. The second-order valence-corrected chi connectivity index (χ2v) is 9.04. The predicted octanol–water partition coefficient (Wildman–Crippen LogP) is 5.93. The average Bonchev–Trinajstić information content (AvgIpc) is 3.35. The summed E-state index contributed by atoms with van der Waals surface area (Å²) in [6.45, 7) is 6.53. The van der Waals surface area contributed by atoms with Gasteiger partial charge in [0.15, 0.2) is 5.11 Å². The van der Waals surface area contributed by atoms with Gasteiger partial charge in [-0.25, -0.2) is 0 Å². The highest BCUT2D eigenvalue weighted by Gasteiger charge is 2.42. The maximum absolute atomic E-state index is 9.86. The van der Waals surface area contributed by atoms with Gasteiger partial charge >= 0.3 is 0 Å². The fourth-order valence-electron chi connectivity index (χ4n) is 5.05. The van der Waals surface area contributed by atoms with E-state index in [2.05, 4.69) is 70.9 Å². The lowest BCUT2D eigenvalue weighted by Crippen LogP contribution is -2.29. The molecule has 0 aliphatic carbocycles. The summed E-state index contributed by atoms with van der Waals surface area (Å²) >= 11 is 5.84. The molecule has 0 spiro atoms. The number of phenolic OH excluding ortho intramolecular Hbond substituents is 1. The third-order valence-electron chi connectivity index (χ3n) is 6.63. The highest BCUT2D eigenvalue weighted by Crippen LogP contribution is 2.44. The van der Waals surface area contributed by atoms with Crippen molar-refractivity contribution in [3.05, 3.63) is 107 Å². The van der Waals surface area contributed by atoms with Gasteiger partial charge < -0.3 is 19.9 Å². The molecule has 1 aliphatic heterocycles. The van der Waals surface area contributed by atoms with Crippen LogP contribution in [0.25, 0.3) is 5.69 Å². The fourth-order valence-corrected chi connectivity index (χ4v) is 5.39. The lowest BCUT2D eigenvalue weighted by molar-refractivity contribution is 0.475. The summed E-state index contributed by atoms with van der Waals surface area (Å²) in [5, 5.41) is 14.0. The van der Waals surface area contributed by atoms with Crippen molar-refractivity contribution >= 4 is 23.0 Å². The number of pyridine rings is 1. The maximum Gasteiger partial charge on any atom is 0.174 e. The summed E-state index contributed by atoms with van der Waals surface area (Å²) in [7, 11) is 0.